The van der Waals surface area contributed by atoms with Gasteiger partial charge in [0.1, 0.15) is 18.1 Å². The Labute approximate surface area is 150 Å². The quantitative estimate of drug-likeness (QED) is 0.616. The Hall–Kier alpha value is -2.79. The van der Waals surface area contributed by atoms with Crippen LogP contribution in [0, 0.1) is 0 Å². The number of carbonyl (C=O) groups excluding carboxylic acids is 1. The van der Waals surface area contributed by atoms with E-state index in [1.54, 1.807) is 37.4 Å². The smallest absolute Gasteiger partial charge is 0.310 e. The fraction of sp³-hybridized carbons (Fsp3) is 0.158. The summed E-state index contributed by atoms with van der Waals surface area (Å²) in [5.41, 5.74) is 2.26. The van der Waals surface area contributed by atoms with Crippen molar-refractivity contribution < 1.29 is 18.8 Å². The molecule has 3 rings (SSSR count). The number of esters is 1. The first kappa shape index (κ1) is 17.0. The van der Waals surface area contributed by atoms with Crippen molar-refractivity contribution in [2.45, 2.75) is 13.0 Å². The van der Waals surface area contributed by atoms with Crippen LogP contribution >= 0.6 is 11.6 Å². The summed E-state index contributed by atoms with van der Waals surface area (Å²) < 4.78 is 15.6. The zero-order valence-corrected chi connectivity index (χ0v) is 14.3. The average molecular weight is 358 g/mol. The third-order valence-corrected chi connectivity index (χ3v) is 3.83. The topological polar surface area (TPSA) is 61.6 Å². The average Bonchev–Trinajstić information content (AvgIpc) is 3.10. The summed E-state index contributed by atoms with van der Waals surface area (Å²) in [7, 11) is 1.60. The van der Waals surface area contributed by atoms with Crippen LogP contribution in [0.4, 0.5) is 0 Å². The molecule has 0 aliphatic rings. The van der Waals surface area contributed by atoms with Crippen LogP contribution in [0.5, 0.6) is 5.75 Å². The van der Waals surface area contributed by atoms with E-state index in [2.05, 4.69) is 5.16 Å². The van der Waals surface area contributed by atoms with Gasteiger partial charge in [0.2, 0.25) is 0 Å². The number of rotatable bonds is 6. The van der Waals surface area contributed by atoms with E-state index in [0.717, 1.165) is 16.9 Å². The number of hydrogen-bond acceptors (Lipinski definition) is 5. The predicted octanol–water partition coefficient (Wildman–Crippen LogP) is 4.29. The molecule has 5 nitrogen and oxygen atoms in total. The molecule has 0 bridgehead atoms. The monoisotopic (exact) mass is 357 g/mol. The molecular weight excluding hydrogens is 342 g/mol. The van der Waals surface area contributed by atoms with Gasteiger partial charge in [-0.3, -0.25) is 4.79 Å². The van der Waals surface area contributed by atoms with Gasteiger partial charge in [-0.25, -0.2) is 0 Å². The minimum atomic E-state index is -0.332. The van der Waals surface area contributed by atoms with Gasteiger partial charge in [-0.2, -0.15) is 0 Å². The third kappa shape index (κ3) is 4.61. The Morgan fingerprint density at radius 3 is 2.52 bits per heavy atom. The lowest BCUT2D eigenvalue weighted by Gasteiger charge is -2.04. The number of hydrogen-bond donors (Lipinski definition) is 0. The van der Waals surface area contributed by atoms with E-state index in [1.165, 1.54) is 0 Å². The molecule has 0 atom stereocenters. The molecule has 0 saturated carbocycles. The number of benzene rings is 2. The van der Waals surface area contributed by atoms with Crippen molar-refractivity contribution in [3.8, 4) is 17.1 Å². The molecule has 0 fully saturated rings. The van der Waals surface area contributed by atoms with Crippen LogP contribution in [0.2, 0.25) is 5.02 Å². The Balaban J connectivity index is 1.54. The molecule has 0 unspecified atom stereocenters. The molecule has 0 amide bonds. The van der Waals surface area contributed by atoms with E-state index in [1.807, 2.05) is 24.3 Å². The maximum absolute atomic E-state index is 11.9. The maximum atomic E-state index is 11.9. The van der Waals surface area contributed by atoms with E-state index in [0.29, 0.717) is 16.5 Å². The van der Waals surface area contributed by atoms with E-state index < -0.39 is 0 Å². The largest absolute Gasteiger partial charge is 0.497 e. The zero-order valence-electron chi connectivity index (χ0n) is 13.6. The van der Waals surface area contributed by atoms with Gasteiger partial charge in [-0.1, -0.05) is 28.9 Å². The predicted molar refractivity (Wildman–Crippen MR) is 93.4 cm³/mol. The Morgan fingerprint density at radius 1 is 1.12 bits per heavy atom. The van der Waals surface area contributed by atoms with E-state index in [9.17, 15) is 4.79 Å². The standard InChI is InChI=1S/C19H16ClNO4/c1-23-17-8-2-13(3-9-17)10-19(22)24-12-16-11-18(25-21-16)14-4-6-15(20)7-5-14/h2-9,11H,10,12H2,1H3. The molecule has 0 aliphatic heterocycles. The van der Waals surface area contributed by atoms with Gasteiger partial charge in [0.25, 0.3) is 0 Å². The number of carbonyl (C=O) groups is 1. The summed E-state index contributed by atoms with van der Waals surface area (Å²) in [5, 5.41) is 4.56. The molecule has 0 spiro atoms. The van der Waals surface area contributed by atoms with Crippen LogP contribution in [0.15, 0.2) is 59.1 Å². The molecule has 3 aromatic rings. The lowest BCUT2D eigenvalue weighted by Crippen LogP contribution is -2.08. The number of halogens is 1. The highest BCUT2D eigenvalue weighted by Gasteiger charge is 2.10. The lowest BCUT2D eigenvalue weighted by molar-refractivity contribution is -0.144. The van der Waals surface area contributed by atoms with Gasteiger partial charge < -0.3 is 14.0 Å². The highest BCUT2D eigenvalue weighted by molar-refractivity contribution is 6.30. The van der Waals surface area contributed by atoms with E-state index >= 15 is 0 Å². The number of nitrogens with zero attached hydrogens (tertiary/aromatic N) is 1. The molecule has 1 aromatic heterocycles. The first-order valence-electron chi connectivity index (χ1n) is 7.64. The van der Waals surface area contributed by atoms with Crippen LogP contribution in [-0.4, -0.2) is 18.2 Å². The number of methoxy groups -OCH3 is 1. The van der Waals surface area contributed by atoms with E-state index in [-0.39, 0.29) is 19.0 Å². The highest BCUT2D eigenvalue weighted by Crippen LogP contribution is 2.22. The summed E-state index contributed by atoms with van der Waals surface area (Å²) in [6, 6.07) is 16.2. The van der Waals surface area contributed by atoms with Crippen LogP contribution in [0.1, 0.15) is 11.3 Å². The summed E-state index contributed by atoms with van der Waals surface area (Å²) in [6.07, 6.45) is 0.186. The van der Waals surface area contributed by atoms with Crippen molar-refractivity contribution in [1.82, 2.24) is 5.16 Å². The van der Waals surface area contributed by atoms with Crippen molar-refractivity contribution in [1.29, 1.82) is 0 Å². The second-order valence-electron chi connectivity index (χ2n) is 5.37. The molecule has 0 radical (unpaired) electrons. The summed E-state index contributed by atoms with van der Waals surface area (Å²) >= 11 is 5.86. The number of aromatic nitrogens is 1. The van der Waals surface area contributed by atoms with Crippen molar-refractivity contribution in [2.75, 3.05) is 7.11 Å². The summed E-state index contributed by atoms with van der Waals surface area (Å²) in [6.45, 7) is 0.0616. The molecule has 1 heterocycles. The van der Waals surface area contributed by atoms with E-state index in [4.69, 9.17) is 25.6 Å². The molecule has 6 heteroatoms. The SMILES string of the molecule is COc1ccc(CC(=O)OCc2cc(-c3ccc(Cl)cc3)on2)cc1. The molecule has 25 heavy (non-hydrogen) atoms. The Morgan fingerprint density at radius 2 is 1.84 bits per heavy atom. The van der Waals surface area contributed by atoms with Gasteiger partial charge in [0, 0.05) is 16.7 Å². The van der Waals surface area contributed by atoms with Gasteiger partial charge in [-0.15, -0.1) is 0 Å². The molecule has 0 N–H and O–H groups in total. The normalized spacial score (nSPS) is 10.5. The van der Waals surface area contributed by atoms with Crippen LogP contribution in [-0.2, 0) is 22.6 Å². The summed E-state index contributed by atoms with van der Waals surface area (Å²) in [5.74, 6) is 1.01. The molecule has 2 aromatic carbocycles. The van der Waals surface area contributed by atoms with Crippen LogP contribution in [0.3, 0.4) is 0 Å². The molecular formula is C19H16ClNO4. The fourth-order valence-corrected chi connectivity index (χ4v) is 2.37. The first-order valence-corrected chi connectivity index (χ1v) is 8.02. The van der Waals surface area contributed by atoms with Gasteiger partial charge in [-0.05, 0) is 42.0 Å². The van der Waals surface area contributed by atoms with Crippen LogP contribution < -0.4 is 4.74 Å². The lowest BCUT2D eigenvalue weighted by atomic mass is 10.1. The van der Waals surface area contributed by atoms with Gasteiger partial charge in [0.05, 0.1) is 13.5 Å². The Kier molecular flexibility index (Phi) is 5.36. The first-order chi connectivity index (χ1) is 12.1. The second kappa shape index (κ2) is 7.85. The Bertz CT molecular complexity index is 841. The van der Waals surface area contributed by atoms with Crippen molar-refractivity contribution in [3.05, 3.63) is 70.9 Å². The van der Waals surface area contributed by atoms with Crippen molar-refractivity contribution in [2.24, 2.45) is 0 Å². The van der Waals surface area contributed by atoms with Crippen molar-refractivity contribution in [3.63, 3.8) is 0 Å². The second-order valence-corrected chi connectivity index (χ2v) is 5.81. The molecule has 128 valence electrons. The summed E-state index contributed by atoms with van der Waals surface area (Å²) in [4.78, 5) is 11.9. The van der Waals surface area contributed by atoms with Crippen molar-refractivity contribution >= 4 is 17.6 Å². The maximum Gasteiger partial charge on any atom is 0.310 e. The van der Waals surface area contributed by atoms with Gasteiger partial charge in [0.15, 0.2) is 5.76 Å². The highest BCUT2D eigenvalue weighted by atomic mass is 35.5. The minimum absolute atomic E-state index is 0.0616. The number of ether oxygens (including phenoxy) is 2. The van der Waals surface area contributed by atoms with Gasteiger partial charge >= 0.3 is 5.97 Å². The zero-order chi connectivity index (χ0) is 17.6. The third-order valence-electron chi connectivity index (χ3n) is 3.58. The van der Waals surface area contributed by atoms with Crippen LogP contribution in [0.25, 0.3) is 11.3 Å². The molecule has 0 aliphatic carbocycles. The minimum Gasteiger partial charge on any atom is -0.497 e. The fourth-order valence-electron chi connectivity index (χ4n) is 2.25. The molecule has 0 saturated heterocycles.